The normalized spacial score (nSPS) is 6.90. The van der Waals surface area contributed by atoms with Gasteiger partial charge in [0.05, 0.1) is 0 Å². The van der Waals surface area contributed by atoms with Gasteiger partial charge in [0.15, 0.2) is 0 Å². The van der Waals surface area contributed by atoms with Gasteiger partial charge in [-0.25, -0.2) is 4.79 Å². The number of carbonyl (C=O) groups is 1. The van der Waals surface area contributed by atoms with E-state index in [-0.39, 0.29) is 59.1 Å². The van der Waals surface area contributed by atoms with Gasteiger partial charge in [-0.1, -0.05) is 0 Å². The topological polar surface area (TPSA) is 238 Å². The van der Waals surface area contributed by atoms with Crippen molar-refractivity contribution in [1.29, 1.82) is 0 Å². The first kappa shape index (κ1) is 32.9. The van der Waals surface area contributed by atoms with Crippen LogP contribution in [0.3, 0.4) is 0 Å². The molecule has 0 atom stereocenters. The molecule has 108 valence electrons. The van der Waals surface area contributed by atoms with Crippen molar-refractivity contribution in [2.75, 3.05) is 0 Å². The van der Waals surface area contributed by atoms with E-state index in [4.69, 9.17) is 50.2 Å². The Morgan fingerprint density at radius 1 is 0.600 bits per heavy atom. The van der Waals surface area contributed by atoms with E-state index in [0.29, 0.717) is 0 Å². The third-order valence-corrected chi connectivity index (χ3v) is 0.403. The van der Waals surface area contributed by atoms with Gasteiger partial charge in [0.1, 0.15) is 0 Å². The van der Waals surface area contributed by atoms with Gasteiger partial charge in [-0.3, -0.25) is 0 Å². The van der Waals surface area contributed by atoms with Gasteiger partial charge < -0.3 is 59.5 Å². The molecule has 0 saturated carbocycles. The summed E-state index contributed by atoms with van der Waals surface area (Å²) in [6.45, 7) is 0. The molecule has 0 aromatic rings. The van der Waals surface area contributed by atoms with E-state index >= 15 is 0 Å². The molecule has 0 rings (SSSR count). The van der Waals surface area contributed by atoms with Crippen molar-refractivity contribution in [3.8, 4) is 0 Å². The molecule has 0 bridgehead atoms. The second-order valence-electron chi connectivity index (χ2n) is 1.83. The van der Waals surface area contributed by atoms with Gasteiger partial charge in [0.25, 0.3) is 0 Å². The molecule has 0 aliphatic rings. The Labute approximate surface area is 158 Å². The van der Waals surface area contributed by atoms with Crippen molar-refractivity contribution in [2.24, 2.45) is 0 Å². The van der Waals surface area contributed by atoms with Crippen molar-refractivity contribution in [2.45, 2.75) is 0 Å². The monoisotopic (exact) mass is 322 g/mol. The van der Waals surface area contributed by atoms with Crippen LogP contribution in [0, 0.1) is 0 Å². The maximum absolute atomic E-state index is 9.98. The zero-order valence-electron chi connectivity index (χ0n) is 8.51. The Kier molecular flexibility index (Phi) is 36.9. The van der Waals surface area contributed by atoms with Crippen LogP contribution in [-0.2, 0) is 9.31 Å². The molecular weight excluding hydrogens is 309 g/mol. The van der Waals surface area contributed by atoms with Crippen LogP contribution in [0.2, 0.25) is 0 Å². The molecule has 0 radical (unpaired) electrons. The summed E-state index contributed by atoms with van der Waals surface area (Å²) in [5.74, 6) is 0. The molecule has 0 aliphatic carbocycles. The molecule has 0 heterocycles. The van der Waals surface area contributed by atoms with Gasteiger partial charge in [0.2, 0.25) is 0 Å². The molecule has 19 heteroatoms. The molecule has 13 nitrogen and oxygen atoms in total. The molecule has 0 spiro atoms. The van der Waals surface area contributed by atoms with Gasteiger partial charge >= 0.3 is 94.6 Å². The molecule has 0 aromatic carbocycles. The van der Waals surface area contributed by atoms with E-state index < -0.39 is 35.4 Å². The number of carbonyl (C=O) groups excluding carboxylic acids is 1. The molecule has 0 aromatic heterocycles. The van der Waals surface area contributed by atoms with Crippen molar-refractivity contribution in [3.05, 3.63) is 0 Å². The molecule has 0 unspecified atom stereocenters. The van der Waals surface area contributed by atoms with E-state index in [1.807, 2.05) is 0 Å². The molecule has 0 fully saturated rings. The van der Waals surface area contributed by atoms with Crippen LogP contribution in [0.1, 0.15) is 0 Å². The predicted molar refractivity (Wildman–Crippen MR) is 67.1 cm³/mol. The number of hydrogen-bond acceptors (Lipinski definition) is 13. The van der Waals surface area contributed by atoms with Crippen LogP contribution in [-0.4, -0.2) is 145 Å². The van der Waals surface area contributed by atoms with Gasteiger partial charge in [-0.2, -0.15) is 0 Å². The third kappa shape index (κ3) is 75.4. The standard InChI is InChI=1S/CH4B2O7.2BH3O3.2Na.2H/c4-1(9-2(5)6)10-3(7)8;2*2-1(3)4;;;;/h5-8H;2*2-4H;;;;. The first-order chi connectivity index (χ1) is 7.98. The summed E-state index contributed by atoms with van der Waals surface area (Å²) in [4.78, 5) is 9.98. The molecule has 20 heavy (non-hydrogen) atoms. The minimum absolute atomic E-state index is 0. The first-order valence-electron chi connectivity index (χ1n) is 3.67. The Bertz CT molecular complexity index is 166. The van der Waals surface area contributed by atoms with E-state index in [9.17, 15) is 4.79 Å². The summed E-state index contributed by atoms with van der Waals surface area (Å²) in [5, 5.41) is 74.6. The molecule has 0 saturated heterocycles. The fraction of sp³-hybridized carbons (Fsp3) is 0. The molecule has 0 amide bonds. The summed E-state index contributed by atoms with van der Waals surface area (Å²) in [7, 11) is -8.99. The molecular formula is CH12B4Na2O13. The Morgan fingerprint density at radius 3 is 0.850 bits per heavy atom. The third-order valence-electron chi connectivity index (χ3n) is 0.403. The van der Waals surface area contributed by atoms with Crippen molar-refractivity contribution in [3.63, 3.8) is 0 Å². The van der Waals surface area contributed by atoms with Crippen LogP contribution in [0.25, 0.3) is 0 Å². The van der Waals surface area contributed by atoms with Crippen LogP contribution >= 0.6 is 0 Å². The SMILES string of the molecule is O=C(OB(O)O)OB(O)O.OB(O)O.OB(O)O.[NaH].[NaH]. The van der Waals surface area contributed by atoms with Crippen LogP contribution in [0.4, 0.5) is 4.79 Å². The number of hydrogen-bond donors (Lipinski definition) is 10. The maximum atomic E-state index is 9.98. The second kappa shape index (κ2) is 22.4. The Morgan fingerprint density at radius 2 is 0.750 bits per heavy atom. The summed E-state index contributed by atoms with van der Waals surface area (Å²) >= 11 is 0. The van der Waals surface area contributed by atoms with Crippen molar-refractivity contribution < 1.29 is 64.3 Å². The van der Waals surface area contributed by atoms with E-state index in [0.717, 1.165) is 0 Å². The number of rotatable bonds is 2. The summed E-state index contributed by atoms with van der Waals surface area (Å²) in [6, 6.07) is 0. The summed E-state index contributed by atoms with van der Waals surface area (Å²) in [6.07, 6.45) is -1.59. The summed E-state index contributed by atoms with van der Waals surface area (Å²) < 4.78 is 6.98. The zero-order valence-corrected chi connectivity index (χ0v) is 8.51. The molecule has 10 N–H and O–H groups in total. The van der Waals surface area contributed by atoms with Crippen LogP contribution < -0.4 is 0 Å². The Balaban J connectivity index is -0.0000000637. The van der Waals surface area contributed by atoms with E-state index in [2.05, 4.69) is 9.31 Å². The van der Waals surface area contributed by atoms with Gasteiger partial charge in [-0.15, -0.1) is 0 Å². The Hall–Kier alpha value is 1.13. The molecule has 0 aliphatic heterocycles. The van der Waals surface area contributed by atoms with Crippen LogP contribution in [0.5, 0.6) is 0 Å². The van der Waals surface area contributed by atoms with E-state index in [1.165, 1.54) is 0 Å². The second-order valence-corrected chi connectivity index (χ2v) is 1.83. The fourth-order valence-electron chi connectivity index (χ4n) is 0.200. The average molecular weight is 321 g/mol. The van der Waals surface area contributed by atoms with Crippen LogP contribution in [0.15, 0.2) is 0 Å². The predicted octanol–water partition coefficient (Wildman–Crippen LogP) is -8.32. The van der Waals surface area contributed by atoms with Crippen molar-refractivity contribution in [1.82, 2.24) is 0 Å². The average Bonchev–Trinajstić information content (AvgIpc) is 1.96. The minimum atomic E-state index is -2.33. The van der Waals surface area contributed by atoms with E-state index in [1.54, 1.807) is 0 Å². The van der Waals surface area contributed by atoms with Gasteiger partial charge in [0, 0.05) is 0 Å². The quantitative estimate of drug-likeness (QED) is 0.213. The van der Waals surface area contributed by atoms with Crippen molar-refractivity contribution >= 4 is 94.6 Å². The first-order valence-corrected chi connectivity index (χ1v) is 3.67. The fourth-order valence-corrected chi connectivity index (χ4v) is 0.200. The summed E-state index contributed by atoms with van der Waals surface area (Å²) in [5.41, 5.74) is 0. The zero-order chi connectivity index (χ0) is 15.3. The van der Waals surface area contributed by atoms with Gasteiger partial charge in [-0.05, 0) is 0 Å².